The molecule has 7 heteroatoms. The monoisotopic (exact) mass is 443 g/mol. The van der Waals surface area contributed by atoms with Crippen molar-refractivity contribution in [1.29, 1.82) is 0 Å². The number of hydrogen-bond acceptors (Lipinski definition) is 4. The van der Waals surface area contributed by atoms with Gasteiger partial charge in [0.1, 0.15) is 11.5 Å². The average Bonchev–Trinajstić information content (AvgIpc) is 2.74. The highest BCUT2D eigenvalue weighted by molar-refractivity contribution is 6.38. The molecule has 30 heavy (non-hydrogen) atoms. The lowest BCUT2D eigenvalue weighted by Gasteiger charge is -2.17. The molecule has 3 aromatic carbocycles. The van der Waals surface area contributed by atoms with Crippen LogP contribution in [0.3, 0.4) is 0 Å². The van der Waals surface area contributed by atoms with E-state index in [9.17, 15) is 0 Å². The standard InChI is InChI=1S/C23H24BCl2NO3/c1-17-8-10-20(14-22(17)25)29-24(30-21-11-9-18(2)23(26)15-21)28-13-12-27-16-19-6-4-3-5-7-19/h3-11,14-15,27H,12-13,16H2,1-2H3. The second-order valence-electron chi connectivity index (χ2n) is 6.88. The predicted molar refractivity (Wildman–Crippen MR) is 123 cm³/mol. The van der Waals surface area contributed by atoms with Crippen LogP contribution in [0.25, 0.3) is 0 Å². The summed E-state index contributed by atoms with van der Waals surface area (Å²) in [6.07, 6.45) is 0. The first kappa shape index (κ1) is 22.5. The molecule has 156 valence electrons. The minimum absolute atomic E-state index is 0.399. The van der Waals surface area contributed by atoms with E-state index >= 15 is 0 Å². The van der Waals surface area contributed by atoms with Crippen molar-refractivity contribution in [3.05, 3.63) is 93.5 Å². The molecular weight excluding hydrogens is 420 g/mol. The van der Waals surface area contributed by atoms with Gasteiger partial charge in [0.2, 0.25) is 0 Å². The highest BCUT2D eigenvalue weighted by atomic mass is 35.5. The Bertz CT molecular complexity index is 903. The first-order valence-corrected chi connectivity index (χ1v) is 10.5. The third-order valence-corrected chi connectivity index (χ3v) is 5.27. The topological polar surface area (TPSA) is 39.7 Å². The maximum Gasteiger partial charge on any atom is 0.788 e. The van der Waals surface area contributed by atoms with E-state index < -0.39 is 7.32 Å². The molecule has 0 aliphatic rings. The smallest absolute Gasteiger partial charge is 0.501 e. The Hall–Kier alpha value is -2.18. The van der Waals surface area contributed by atoms with Crippen LogP contribution in [0.4, 0.5) is 0 Å². The fourth-order valence-electron chi connectivity index (χ4n) is 2.66. The minimum atomic E-state index is -0.943. The Kier molecular flexibility index (Phi) is 8.46. The van der Waals surface area contributed by atoms with E-state index in [1.807, 2.05) is 56.3 Å². The van der Waals surface area contributed by atoms with Gasteiger partial charge in [0.05, 0.1) is 0 Å². The molecule has 0 spiro atoms. The largest absolute Gasteiger partial charge is 0.788 e. The van der Waals surface area contributed by atoms with E-state index in [2.05, 4.69) is 17.4 Å². The Morgan fingerprint density at radius 3 is 1.90 bits per heavy atom. The molecule has 0 saturated heterocycles. The maximum atomic E-state index is 6.21. The zero-order valence-electron chi connectivity index (χ0n) is 17.0. The summed E-state index contributed by atoms with van der Waals surface area (Å²) < 4.78 is 17.6. The van der Waals surface area contributed by atoms with Crippen LogP contribution < -0.4 is 14.6 Å². The number of rotatable bonds is 10. The Balaban J connectivity index is 1.59. The molecule has 3 aromatic rings. The third-order valence-electron chi connectivity index (χ3n) is 4.46. The first-order chi connectivity index (χ1) is 14.5. The highest BCUT2D eigenvalue weighted by Gasteiger charge is 2.27. The van der Waals surface area contributed by atoms with Crippen molar-refractivity contribution in [3.63, 3.8) is 0 Å². The zero-order valence-corrected chi connectivity index (χ0v) is 18.5. The molecule has 1 N–H and O–H groups in total. The van der Waals surface area contributed by atoms with Crippen LogP contribution in [0.2, 0.25) is 10.0 Å². The number of aryl methyl sites for hydroxylation is 2. The van der Waals surface area contributed by atoms with Gasteiger partial charge in [-0.3, -0.25) is 0 Å². The van der Waals surface area contributed by atoms with Crippen LogP contribution >= 0.6 is 23.2 Å². The molecule has 0 bridgehead atoms. The number of hydrogen-bond donors (Lipinski definition) is 1. The summed E-state index contributed by atoms with van der Waals surface area (Å²) in [6, 6.07) is 21.1. The SMILES string of the molecule is Cc1ccc(OB(OCCNCc2ccccc2)Oc2ccc(C)c(Cl)c2)cc1Cl. The summed E-state index contributed by atoms with van der Waals surface area (Å²) in [5.74, 6) is 1.12. The van der Waals surface area contributed by atoms with E-state index in [1.54, 1.807) is 12.1 Å². The fraction of sp³-hybridized carbons (Fsp3) is 0.217. The van der Waals surface area contributed by atoms with Crippen LogP contribution in [0, 0.1) is 13.8 Å². The molecule has 0 saturated carbocycles. The van der Waals surface area contributed by atoms with Crippen LogP contribution in [-0.2, 0) is 11.2 Å². The van der Waals surface area contributed by atoms with Crippen molar-refractivity contribution in [2.45, 2.75) is 20.4 Å². The lowest BCUT2D eigenvalue weighted by atomic mass is 10.1. The number of benzene rings is 3. The normalized spacial score (nSPS) is 10.7. The molecule has 0 unspecified atom stereocenters. The Labute approximate surface area is 188 Å². The third kappa shape index (κ3) is 6.96. The summed E-state index contributed by atoms with van der Waals surface area (Å²) in [7, 11) is -0.943. The lowest BCUT2D eigenvalue weighted by molar-refractivity contribution is 0.201. The van der Waals surface area contributed by atoms with Gasteiger partial charge in [-0.15, -0.1) is 0 Å². The van der Waals surface area contributed by atoms with Gasteiger partial charge in [0.15, 0.2) is 0 Å². The highest BCUT2D eigenvalue weighted by Crippen LogP contribution is 2.25. The lowest BCUT2D eigenvalue weighted by Crippen LogP contribution is -2.36. The number of halogens is 2. The molecule has 0 atom stereocenters. The average molecular weight is 444 g/mol. The second kappa shape index (κ2) is 11.3. The summed E-state index contributed by atoms with van der Waals surface area (Å²) in [6.45, 7) is 5.67. The van der Waals surface area contributed by atoms with Crippen molar-refractivity contribution >= 4 is 30.5 Å². The first-order valence-electron chi connectivity index (χ1n) is 9.73. The van der Waals surface area contributed by atoms with Gasteiger partial charge in [-0.25, -0.2) is 0 Å². The fourth-order valence-corrected chi connectivity index (χ4v) is 3.01. The van der Waals surface area contributed by atoms with E-state index in [-0.39, 0.29) is 0 Å². The summed E-state index contributed by atoms with van der Waals surface area (Å²) in [5.41, 5.74) is 3.15. The van der Waals surface area contributed by atoms with Crippen LogP contribution in [0.15, 0.2) is 66.7 Å². The second-order valence-corrected chi connectivity index (χ2v) is 7.69. The molecule has 0 aromatic heterocycles. The van der Waals surface area contributed by atoms with Crippen molar-refractivity contribution in [2.75, 3.05) is 13.2 Å². The molecule has 0 fully saturated rings. The van der Waals surface area contributed by atoms with Crippen LogP contribution in [0.1, 0.15) is 16.7 Å². The van der Waals surface area contributed by atoms with Gasteiger partial charge in [-0.1, -0.05) is 65.7 Å². The summed E-state index contributed by atoms with van der Waals surface area (Å²) in [5, 5.41) is 4.58. The van der Waals surface area contributed by atoms with Crippen molar-refractivity contribution in [2.24, 2.45) is 0 Å². The van der Waals surface area contributed by atoms with Crippen molar-refractivity contribution in [3.8, 4) is 11.5 Å². The van der Waals surface area contributed by atoms with Gasteiger partial charge in [-0.05, 0) is 54.8 Å². The maximum absolute atomic E-state index is 6.21. The Morgan fingerprint density at radius 2 is 1.37 bits per heavy atom. The minimum Gasteiger partial charge on any atom is -0.501 e. The molecule has 3 rings (SSSR count). The van der Waals surface area contributed by atoms with Crippen LogP contribution in [0.5, 0.6) is 11.5 Å². The van der Waals surface area contributed by atoms with Gasteiger partial charge in [0.25, 0.3) is 0 Å². The molecule has 0 aliphatic carbocycles. The summed E-state index contributed by atoms with van der Waals surface area (Å²) >= 11 is 12.4. The predicted octanol–water partition coefficient (Wildman–Crippen LogP) is 5.86. The van der Waals surface area contributed by atoms with E-state index in [0.29, 0.717) is 34.7 Å². The quantitative estimate of drug-likeness (QED) is 0.314. The van der Waals surface area contributed by atoms with E-state index in [1.165, 1.54) is 5.56 Å². The van der Waals surface area contributed by atoms with Gasteiger partial charge in [-0.2, -0.15) is 0 Å². The Morgan fingerprint density at radius 1 is 0.800 bits per heavy atom. The number of nitrogens with one attached hydrogen (secondary N) is 1. The molecule has 0 amide bonds. The molecule has 0 aliphatic heterocycles. The molecular formula is C23H24BCl2NO3. The summed E-state index contributed by atoms with van der Waals surface area (Å²) in [4.78, 5) is 0. The van der Waals surface area contributed by atoms with Gasteiger partial charge in [0, 0.05) is 29.7 Å². The van der Waals surface area contributed by atoms with Gasteiger partial charge < -0.3 is 19.3 Å². The van der Waals surface area contributed by atoms with Gasteiger partial charge >= 0.3 is 7.32 Å². The van der Waals surface area contributed by atoms with E-state index in [0.717, 1.165) is 17.7 Å². The molecule has 0 heterocycles. The van der Waals surface area contributed by atoms with Crippen LogP contribution in [-0.4, -0.2) is 20.5 Å². The van der Waals surface area contributed by atoms with Crippen molar-refractivity contribution < 1.29 is 14.0 Å². The molecule has 4 nitrogen and oxygen atoms in total. The molecule has 0 radical (unpaired) electrons. The van der Waals surface area contributed by atoms with E-state index in [4.69, 9.17) is 37.2 Å². The van der Waals surface area contributed by atoms with Crippen molar-refractivity contribution in [1.82, 2.24) is 5.32 Å². The zero-order chi connectivity index (χ0) is 21.3.